The number of ketones is 1. The molecule has 1 aliphatic heterocycles. The van der Waals surface area contributed by atoms with Crippen LogP contribution in [0.15, 0.2) is 12.2 Å². The van der Waals surface area contributed by atoms with Crippen LogP contribution in [0.1, 0.15) is 6.42 Å². The van der Waals surface area contributed by atoms with Crippen molar-refractivity contribution in [2.45, 2.75) is 10.5 Å². The number of hydrogen-bond donors (Lipinski definition) is 0. The molecule has 1 saturated heterocycles. The fourth-order valence-electron chi connectivity index (χ4n) is 2.40. The van der Waals surface area contributed by atoms with Crippen LogP contribution in [0.2, 0.25) is 0 Å². The summed E-state index contributed by atoms with van der Waals surface area (Å²) in [7, 11) is 0. The van der Waals surface area contributed by atoms with Gasteiger partial charge in [-0.25, -0.2) is 0 Å². The summed E-state index contributed by atoms with van der Waals surface area (Å²) in [5.41, 5.74) is 0. The van der Waals surface area contributed by atoms with Crippen molar-refractivity contribution in [1.29, 1.82) is 0 Å². The first kappa shape index (κ1) is 7.51. The van der Waals surface area contributed by atoms with E-state index in [1.165, 1.54) is 0 Å². The summed E-state index contributed by atoms with van der Waals surface area (Å²) in [4.78, 5) is 11.8. The Bertz CT molecular complexity index is 266. The summed E-state index contributed by atoms with van der Waals surface area (Å²) in [6.07, 6.45) is 5.45. The molecule has 0 aromatic carbocycles. The third-order valence-electron chi connectivity index (χ3n) is 3.00. The smallest absolute Gasteiger partial charge is 0.163 e. The summed E-state index contributed by atoms with van der Waals surface area (Å²) >= 11 is 3.76. The Hall–Kier alpha value is 0.110. The number of hydrogen-bond acceptors (Lipinski definition) is 3. The average Bonchev–Trinajstić information content (AvgIpc) is 2.72. The monoisotopic (exact) mass is 198 g/mol. The zero-order valence-corrected chi connectivity index (χ0v) is 8.29. The summed E-state index contributed by atoms with van der Waals surface area (Å²) < 4.78 is -0.0162. The maximum atomic E-state index is 11.8. The first-order valence-electron chi connectivity index (χ1n) is 4.33. The fourth-order valence-corrected chi connectivity index (χ4v) is 5.97. The summed E-state index contributed by atoms with van der Waals surface area (Å²) in [6.45, 7) is 0. The Morgan fingerprint density at radius 3 is 2.92 bits per heavy atom. The number of Topliss-reactive ketones (excluding diaryl/α,β-unsaturated/α-hetero) is 1. The summed E-state index contributed by atoms with van der Waals surface area (Å²) in [5, 5.41) is 0. The molecule has 1 spiro atoms. The maximum Gasteiger partial charge on any atom is 0.163 e. The van der Waals surface area contributed by atoms with E-state index in [-0.39, 0.29) is 4.08 Å². The minimum absolute atomic E-state index is 0.0162. The molecule has 0 aromatic rings. The van der Waals surface area contributed by atoms with Gasteiger partial charge in [-0.3, -0.25) is 4.79 Å². The highest BCUT2D eigenvalue weighted by Gasteiger charge is 2.63. The number of carbonyl (C=O) groups excluding carboxylic acids is 1. The van der Waals surface area contributed by atoms with Crippen LogP contribution in [-0.2, 0) is 4.79 Å². The van der Waals surface area contributed by atoms with Crippen molar-refractivity contribution >= 4 is 29.3 Å². The van der Waals surface area contributed by atoms with E-state index >= 15 is 0 Å². The Labute approximate surface area is 80.4 Å². The quantitative estimate of drug-likeness (QED) is 0.554. The molecular weight excluding hydrogens is 188 g/mol. The molecule has 0 amide bonds. The lowest BCUT2D eigenvalue weighted by Gasteiger charge is -2.46. The minimum atomic E-state index is -0.0162. The van der Waals surface area contributed by atoms with E-state index in [9.17, 15) is 4.79 Å². The molecule has 2 atom stereocenters. The minimum Gasteiger partial charge on any atom is -0.297 e. The third-order valence-corrected chi connectivity index (χ3v) is 6.59. The number of thioether (sulfide) groups is 2. The van der Waals surface area contributed by atoms with Gasteiger partial charge >= 0.3 is 0 Å². The molecule has 0 N–H and O–H groups in total. The first-order chi connectivity index (χ1) is 5.84. The van der Waals surface area contributed by atoms with E-state index in [1.54, 1.807) is 0 Å². The van der Waals surface area contributed by atoms with Gasteiger partial charge in [0.25, 0.3) is 0 Å². The molecule has 64 valence electrons. The van der Waals surface area contributed by atoms with E-state index in [4.69, 9.17) is 0 Å². The van der Waals surface area contributed by atoms with Gasteiger partial charge in [0, 0.05) is 23.3 Å². The van der Waals surface area contributed by atoms with Crippen LogP contribution >= 0.6 is 23.5 Å². The topological polar surface area (TPSA) is 17.1 Å². The lowest BCUT2D eigenvalue weighted by molar-refractivity contribution is -0.131. The molecule has 3 heteroatoms. The lowest BCUT2D eigenvalue weighted by atomic mass is 9.73. The predicted molar refractivity (Wildman–Crippen MR) is 53.4 cm³/mol. The normalized spacial score (nSPS) is 41.8. The van der Waals surface area contributed by atoms with E-state index in [0.29, 0.717) is 17.6 Å². The molecule has 12 heavy (non-hydrogen) atoms. The standard InChI is InChI=1S/C9H10OS2/c10-8-6-2-1-3-7(6)9(8)11-4-5-12-9/h1,3,6-7H,2,4-5H2/t6-,7-/m1/s1. The first-order valence-corrected chi connectivity index (χ1v) is 6.30. The molecule has 2 fully saturated rings. The average molecular weight is 198 g/mol. The van der Waals surface area contributed by atoms with Crippen molar-refractivity contribution in [2.24, 2.45) is 11.8 Å². The van der Waals surface area contributed by atoms with Gasteiger partial charge in [-0.2, -0.15) is 0 Å². The molecule has 1 nitrogen and oxygen atoms in total. The second kappa shape index (κ2) is 2.32. The Kier molecular flexibility index (Phi) is 1.45. The van der Waals surface area contributed by atoms with Gasteiger partial charge in [-0.05, 0) is 6.42 Å². The highest BCUT2D eigenvalue weighted by Crippen LogP contribution is 2.63. The van der Waals surface area contributed by atoms with Gasteiger partial charge in [-0.15, -0.1) is 23.5 Å². The molecular formula is C9H10OS2. The van der Waals surface area contributed by atoms with Crippen molar-refractivity contribution in [3.05, 3.63) is 12.2 Å². The van der Waals surface area contributed by atoms with Gasteiger partial charge in [-0.1, -0.05) is 12.2 Å². The molecule has 1 saturated carbocycles. The molecule has 0 aromatic heterocycles. The Morgan fingerprint density at radius 2 is 2.17 bits per heavy atom. The van der Waals surface area contributed by atoms with E-state index in [0.717, 1.165) is 17.9 Å². The van der Waals surface area contributed by atoms with Crippen molar-refractivity contribution in [3.63, 3.8) is 0 Å². The number of allylic oxidation sites excluding steroid dienone is 2. The molecule has 0 radical (unpaired) electrons. The fraction of sp³-hybridized carbons (Fsp3) is 0.667. The van der Waals surface area contributed by atoms with Crippen LogP contribution in [-0.4, -0.2) is 21.4 Å². The van der Waals surface area contributed by atoms with Crippen LogP contribution < -0.4 is 0 Å². The molecule has 1 heterocycles. The highest BCUT2D eigenvalue weighted by atomic mass is 32.2. The maximum absolute atomic E-state index is 11.8. The van der Waals surface area contributed by atoms with Gasteiger partial charge in [0.2, 0.25) is 0 Å². The van der Waals surface area contributed by atoms with Gasteiger partial charge in [0.05, 0.1) is 0 Å². The number of carbonyl (C=O) groups is 1. The van der Waals surface area contributed by atoms with Crippen molar-refractivity contribution in [2.75, 3.05) is 11.5 Å². The van der Waals surface area contributed by atoms with Gasteiger partial charge < -0.3 is 0 Å². The van der Waals surface area contributed by atoms with Gasteiger partial charge in [0.1, 0.15) is 4.08 Å². The Balaban J connectivity index is 1.96. The zero-order valence-electron chi connectivity index (χ0n) is 6.66. The van der Waals surface area contributed by atoms with Crippen LogP contribution in [0.4, 0.5) is 0 Å². The molecule has 0 unspecified atom stereocenters. The lowest BCUT2D eigenvalue weighted by Crippen LogP contribution is -2.55. The highest BCUT2D eigenvalue weighted by molar-refractivity contribution is 8.22. The van der Waals surface area contributed by atoms with Crippen molar-refractivity contribution < 1.29 is 4.79 Å². The van der Waals surface area contributed by atoms with Crippen LogP contribution in [0.25, 0.3) is 0 Å². The van der Waals surface area contributed by atoms with E-state index in [2.05, 4.69) is 12.2 Å². The third kappa shape index (κ3) is 0.681. The van der Waals surface area contributed by atoms with E-state index in [1.807, 2.05) is 23.5 Å². The van der Waals surface area contributed by atoms with Crippen LogP contribution in [0.5, 0.6) is 0 Å². The zero-order chi connectivity index (χ0) is 8.18. The predicted octanol–water partition coefficient (Wildman–Crippen LogP) is 1.94. The second-order valence-electron chi connectivity index (χ2n) is 3.52. The SMILES string of the molecule is O=C1[C@@H]2CC=C[C@H]2C12SCCS2. The number of rotatable bonds is 0. The Morgan fingerprint density at radius 1 is 1.42 bits per heavy atom. The van der Waals surface area contributed by atoms with Crippen LogP contribution in [0.3, 0.4) is 0 Å². The van der Waals surface area contributed by atoms with Crippen molar-refractivity contribution in [1.82, 2.24) is 0 Å². The largest absolute Gasteiger partial charge is 0.297 e. The van der Waals surface area contributed by atoms with Crippen molar-refractivity contribution in [3.8, 4) is 0 Å². The summed E-state index contributed by atoms with van der Waals surface area (Å²) in [6, 6.07) is 0. The second-order valence-corrected chi connectivity index (χ2v) is 6.46. The van der Waals surface area contributed by atoms with E-state index < -0.39 is 0 Å². The van der Waals surface area contributed by atoms with Crippen LogP contribution in [0, 0.1) is 11.8 Å². The molecule has 0 bridgehead atoms. The molecule has 3 rings (SSSR count). The van der Waals surface area contributed by atoms with Gasteiger partial charge in [0.15, 0.2) is 5.78 Å². The molecule has 2 aliphatic carbocycles. The molecule has 3 aliphatic rings. The number of fused-ring (bicyclic) bond motifs is 2. The summed E-state index contributed by atoms with van der Waals surface area (Å²) in [5.74, 6) is 3.77.